The van der Waals surface area contributed by atoms with Gasteiger partial charge in [-0.3, -0.25) is 0 Å². The highest BCUT2D eigenvalue weighted by Crippen LogP contribution is 2.43. The molecule has 2 aromatic heterocycles. The van der Waals surface area contributed by atoms with Gasteiger partial charge in [0.1, 0.15) is 15.7 Å². The molecule has 10 heteroatoms. The maximum Gasteiger partial charge on any atom is 0.244 e. The van der Waals surface area contributed by atoms with Crippen LogP contribution in [0.3, 0.4) is 0 Å². The maximum atomic E-state index is 13.2. The molecule has 1 aromatic carbocycles. The molecule has 2 aliphatic rings. The van der Waals surface area contributed by atoms with E-state index in [9.17, 15) is 13.5 Å². The van der Waals surface area contributed by atoms with E-state index < -0.39 is 10.0 Å². The van der Waals surface area contributed by atoms with Gasteiger partial charge in [-0.05, 0) is 63.6 Å². The largest absolute Gasteiger partial charge is 0.495 e. The number of aryl methyl sites for hydroxylation is 1. The summed E-state index contributed by atoms with van der Waals surface area (Å²) in [6, 6.07) is 4.98. The molecule has 3 aromatic rings. The average molecular weight is 463 g/mol. The van der Waals surface area contributed by atoms with Gasteiger partial charge in [-0.2, -0.15) is 5.10 Å². The van der Waals surface area contributed by atoms with E-state index in [1.165, 1.54) is 20.0 Å². The van der Waals surface area contributed by atoms with Crippen molar-refractivity contribution in [3.63, 3.8) is 0 Å². The average Bonchev–Trinajstić information content (AvgIpc) is 3.44. The second-order valence-electron chi connectivity index (χ2n) is 8.45. The van der Waals surface area contributed by atoms with E-state index in [0.717, 1.165) is 26.9 Å². The molecule has 166 valence electrons. The Morgan fingerprint density at radius 2 is 1.94 bits per heavy atom. The zero-order valence-corrected chi connectivity index (χ0v) is 19.2. The zero-order valence-electron chi connectivity index (χ0n) is 17.5. The minimum Gasteiger partial charge on any atom is -0.495 e. The molecule has 8 nitrogen and oxygen atoms in total. The predicted molar refractivity (Wildman–Crippen MR) is 118 cm³/mol. The number of fused-ring (bicyclic) bond motifs is 1. The van der Waals surface area contributed by atoms with Crippen molar-refractivity contribution in [2.45, 2.75) is 68.4 Å². The summed E-state index contributed by atoms with van der Waals surface area (Å²) in [4.78, 5) is 5.58. The molecule has 0 radical (unpaired) electrons. The van der Waals surface area contributed by atoms with E-state index in [1.807, 2.05) is 17.5 Å². The summed E-state index contributed by atoms with van der Waals surface area (Å²) in [5, 5.41) is 15.6. The van der Waals surface area contributed by atoms with Gasteiger partial charge in [-0.15, -0.1) is 0 Å². The lowest BCUT2D eigenvalue weighted by atomic mass is 9.94. The fourth-order valence-electron chi connectivity index (χ4n) is 4.20. The van der Waals surface area contributed by atoms with E-state index in [4.69, 9.17) is 9.84 Å². The first-order valence-corrected chi connectivity index (χ1v) is 12.9. The number of hydrogen-bond acceptors (Lipinski definition) is 7. The number of sulfonamides is 1. The molecule has 0 amide bonds. The van der Waals surface area contributed by atoms with Gasteiger partial charge in [-0.25, -0.2) is 22.6 Å². The van der Waals surface area contributed by atoms with E-state index in [-0.39, 0.29) is 17.0 Å². The Morgan fingerprint density at radius 3 is 2.61 bits per heavy atom. The van der Waals surface area contributed by atoms with Crippen LogP contribution >= 0.6 is 11.3 Å². The highest BCUT2D eigenvalue weighted by molar-refractivity contribution is 7.89. The molecule has 0 saturated heterocycles. The van der Waals surface area contributed by atoms with Crippen molar-refractivity contribution in [1.29, 1.82) is 0 Å². The number of aliphatic hydroxyl groups is 1. The maximum absolute atomic E-state index is 13.2. The number of imidazole rings is 1. The Kier molecular flexibility index (Phi) is 5.28. The van der Waals surface area contributed by atoms with Crippen molar-refractivity contribution in [1.82, 2.24) is 19.3 Å². The lowest BCUT2D eigenvalue weighted by molar-refractivity contribution is 0.120. The number of nitrogens with zero attached hydrogens (tertiary/aromatic N) is 3. The van der Waals surface area contributed by atoms with Gasteiger partial charge in [-0.1, -0.05) is 11.3 Å². The third kappa shape index (κ3) is 3.97. The highest BCUT2D eigenvalue weighted by Gasteiger charge is 2.30. The SMILES string of the molecule is COc1ccc(-c2c(C)nc3sc(C4CC4)nn23)cc1S(=O)(=O)N[C@H]1CC[C@@H](O)CC1. The number of aromatic nitrogens is 3. The quantitative estimate of drug-likeness (QED) is 0.583. The molecule has 5 rings (SSSR count). The molecule has 31 heavy (non-hydrogen) atoms. The van der Waals surface area contributed by atoms with E-state index in [1.54, 1.807) is 23.5 Å². The topological polar surface area (TPSA) is 106 Å². The summed E-state index contributed by atoms with van der Waals surface area (Å²) in [6.07, 6.45) is 4.43. The van der Waals surface area contributed by atoms with Gasteiger partial charge < -0.3 is 9.84 Å². The molecule has 2 N–H and O–H groups in total. The minimum atomic E-state index is -3.80. The number of rotatable bonds is 6. The molecular formula is C21H26N4O4S2. The van der Waals surface area contributed by atoms with Crippen molar-refractivity contribution < 1.29 is 18.3 Å². The Labute approximate surface area is 185 Å². The van der Waals surface area contributed by atoms with E-state index in [2.05, 4.69) is 9.71 Å². The fraction of sp³-hybridized carbons (Fsp3) is 0.524. The van der Waals surface area contributed by atoms with Crippen LogP contribution in [0.25, 0.3) is 16.2 Å². The second kappa shape index (κ2) is 7.84. The Hall–Kier alpha value is -2.01. The highest BCUT2D eigenvalue weighted by atomic mass is 32.2. The zero-order chi connectivity index (χ0) is 21.8. The monoisotopic (exact) mass is 462 g/mol. The molecule has 0 unspecified atom stereocenters. The van der Waals surface area contributed by atoms with Crippen LogP contribution in [0.5, 0.6) is 5.75 Å². The number of nitrogens with one attached hydrogen (secondary N) is 1. The van der Waals surface area contributed by atoms with Gasteiger partial charge in [0.05, 0.1) is 24.6 Å². The van der Waals surface area contributed by atoms with Gasteiger partial charge in [0.2, 0.25) is 15.0 Å². The van der Waals surface area contributed by atoms with E-state index >= 15 is 0 Å². The van der Waals surface area contributed by atoms with Gasteiger partial charge in [0.15, 0.2) is 0 Å². The van der Waals surface area contributed by atoms with Gasteiger partial charge in [0, 0.05) is 17.5 Å². The van der Waals surface area contributed by atoms with Crippen molar-refractivity contribution in [2.24, 2.45) is 0 Å². The second-order valence-corrected chi connectivity index (χ2v) is 11.1. The summed E-state index contributed by atoms with van der Waals surface area (Å²) in [7, 11) is -2.33. The summed E-state index contributed by atoms with van der Waals surface area (Å²) in [5.74, 6) is 0.826. The van der Waals surface area contributed by atoms with Crippen LogP contribution in [0.2, 0.25) is 0 Å². The van der Waals surface area contributed by atoms with Crippen molar-refractivity contribution >= 4 is 26.3 Å². The third-order valence-corrected chi connectivity index (χ3v) is 8.68. The number of hydrogen-bond donors (Lipinski definition) is 2. The summed E-state index contributed by atoms with van der Waals surface area (Å²) >= 11 is 1.60. The summed E-state index contributed by atoms with van der Waals surface area (Å²) in [6.45, 7) is 1.91. The van der Waals surface area contributed by atoms with Crippen LogP contribution in [0.4, 0.5) is 0 Å². The lowest BCUT2D eigenvalue weighted by Gasteiger charge is -2.26. The standard InChI is InChI=1S/C21H26N4O4S2/c1-12-19(25-21(22-12)30-20(23-25)13-3-4-13)14-5-10-17(29-2)18(11-14)31(27,28)24-15-6-8-16(26)9-7-15/h5,10-11,13,15-16,24,26H,3-4,6-9H2,1-2H3/t15-,16+. The molecule has 0 aliphatic heterocycles. The third-order valence-electron chi connectivity index (χ3n) is 6.07. The predicted octanol–water partition coefficient (Wildman–Crippen LogP) is 3.23. The number of ether oxygens (including phenoxy) is 1. The molecule has 0 atom stereocenters. The number of aliphatic hydroxyl groups excluding tert-OH is 1. The van der Waals surface area contributed by atoms with Crippen LogP contribution in [-0.2, 0) is 10.0 Å². The van der Waals surface area contributed by atoms with Crippen molar-refractivity contribution in [3.8, 4) is 17.0 Å². The first-order valence-electron chi connectivity index (χ1n) is 10.6. The molecule has 0 bridgehead atoms. The van der Waals surface area contributed by atoms with Crippen molar-refractivity contribution in [3.05, 3.63) is 28.9 Å². The smallest absolute Gasteiger partial charge is 0.244 e. The molecule has 2 aliphatic carbocycles. The lowest BCUT2D eigenvalue weighted by Crippen LogP contribution is -2.38. The summed E-state index contributed by atoms with van der Waals surface area (Å²) < 4.78 is 36.5. The summed E-state index contributed by atoms with van der Waals surface area (Å²) in [5.41, 5.74) is 2.35. The fourth-order valence-corrected chi connectivity index (χ4v) is 6.81. The first-order chi connectivity index (χ1) is 14.9. The molecule has 2 fully saturated rings. The van der Waals surface area contributed by atoms with Crippen molar-refractivity contribution in [2.75, 3.05) is 7.11 Å². The Balaban J connectivity index is 1.53. The first kappa shape index (κ1) is 20.9. The molecule has 0 spiro atoms. The van der Waals surface area contributed by atoms with Crippen LogP contribution in [-0.4, -0.2) is 47.4 Å². The molecular weight excluding hydrogens is 436 g/mol. The minimum absolute atomic E-state index is 0.102. The van der Waals surface area contributed by atoms with Crippen LogP contribution in [0, 0.1) is 6.92 Å². The van der Waals surface area contributed by atoms with E-state index in [0.29, 0.717) is 37.4 Å². The number of methoxy groups -OCH3 is 1. The Morgan fingerprint density at radius 1 is 1.19 bits per heavy atom. The van der Waals surface area contributed by atoms with Gasteiger partial charge >= 0.3 is 0 Å². The van der Waals surface area contributed by atoms with Crippen LogP contribution in [0.15, 0.2) is 23.1 Å². The normalized spacial score (nSPS) is 22.2. The number of benzene rings is 1. The molecule has 2 heterocycles. The van der Waals surface area contributed by atoms with Crippen LogP contribution < -0.4 is 9.46 Å². The van der Waals surface area contributed by atoms with Gasteiger partial charge in [0.25, 0.3) is 0 Å². The molecule has 2 saturated carbocycles. The Bertz CT molecular complexity index is 1220. The van der Waals surface area contributed by atoms with Crippen LogP contribution in [0.1, 0.15) is 55.1 Å².